The predicted octanol–water partition coefficient (Wildman–Crippen LogP) is 3.59. The normalized spacial score (nSPS) is 13.7. The summed E-state index contributed by atoms with van der Waals surface area (Å²) in [4.78, 5) is 6.78. The van der Waals surface area contributed by atoms with E-state index in [1.165, 1.54) is 5.56 Å². The zero-order valence-electron chi connectivity index (χ0n) is 13.9. The molecule has 1 aliphatic heterocycles. The van der Waals surface area contributed by atoms with Crippen LogP contribution in [-0.2, 0) is 7.05 Å². The van der Waals surface area contributed by atoms with Crippen LogP contribution >= 0.6 is 0 Å². The van der Waals surface area contributed by atoms with E-state index in [1.807, 2.05) is 13.0 Å². The van der Waals surface area contributed by atoms with Gasteiger partial charge in [-0.05, 0) is 44.4 Å². The number of furan rings is 1. The molecule has 3 aromatic rings. The summed E-state index contributed by atoms with van der Waals surface area (Å²) < 4.78 is 8.28. The van der Waals surface area contributed by atoms with Gasteiger partial charge in [-0.1, -0.05) is 12.1 Å². The van der Waals surface area contributed by atoms with Gasteiger partial charge in [-0.25, -0.2) is 9.55 Å². The lowest BCUT2D eigenvalue weighted by atomic mass is 9.61. The quantitative estimate of drug-likeness (QED) is 0.509. The van der Waals surface area contributed by atoms with Crippen LogP contribution in [0.4, 0.5) is 11.7 Å². The molecule has 23 heavy (non-hydrogen) atoms. The van der Waals surface area contributed by atoms with Gasteiger partial charge < -0.3 is 4.42 Å². The Kier molecular flexibility index (Phi) is 3.05. The summed E-state index contributed by atoms with van der Waals surface area (Å²) in [5.41, 5.74) is 4.00. The Morgan fingerprint density at radius 3 is 2.87 bits per heavy atom. The number of nitrogens with zero attached hydrogens (tertiary/aromatic N) is 3. The summed E-state index contributed by atoms with van der Waals surface area (Å²) in [6.07, 6.45) is 4.23. The lowest BCUT2D eigenvalue weighted by molar-refractivity contribution is -0.658. The second-order valence-electron chi connectivity index (χ2n) is 6.27. The number of aromatic nitrogens is 2. The van der Waals surface area contributed by atoms with Gasteiger partial charge >= 0.3 is 6.85 Å². The minimum atomic E-state index is 0.220. The molecule has 4 heterocycles. The SMILES string of the molecule is CB1C=Cc2c(oc3nc(C)ccc23)N1c1cc(C)cc[n+]1C. The third-order valence-electron chi connectivity index (χ3n) is 4.41. The van der Waals surface area contributed by atoms with Gasteiger partial charge in [0.15, 0.2) is 0 Å². The van der Waals surface area contributed by atoms with Crippen molar-refractivity contribution in [3.63, 3.8) is 0 Å². The van der Waals surface area contributed by atoms with Gasteiger partial charge in [0.1, 0.15) is 0 Å². The van der Waals surface area contributed by atoms with Crippen LogP contribution in [0.15, 0.2) is 40.9 Å². The summed E-state index contributed by atoms with van der Waals surface area (Å²) in [5.74, 6) is 4.19. The minimum absolute atomic E-state index is 0.220. The van der Waals surface area contributed by atoms with E-state index in [1.54, 1.807) is 0 Å². The first-order valence-corrected chi connectivity index (χ1v) is 7.88. The fourth-order valence-corrected chi connectivity index (χ4v) is 3.14. The Balaban J connectivity index is 1.97. The Bertz CT molecular complexity index is 945. The summed E-state index contributed by atoms with van der Waals surface area (Å²) in [6, 6.07) is 8.42. The topological polar surface area (TPSA) is 33.2 Å². The van der Waals surface area contributed by atoms with Crippen molar-refractivity contribution in [2.24, 2.45) is 7.05 Å². The largest absolute Gasteiger partial charge is 0.405 e. The highest BCUT2D eigenvalue weighted by atomic mass is 16.4. The van der Waals surface area contributed by atoms with E-state index >= 15 is 0 Å². The predicted molar refractivity (Wildman–Crippen MR) is 93.9 cm³/mol. The molecule has 114 valence electrons. The van der Waals surface area contributed by atoms with Crippen LogP contribution in [0.1, 0.15) is 16.8 Å². The molecule has 0 amide bonds. The molecule has 1 aliphatic rings. The fourth-order valence-electron chi connectivity index (χ4n) is 3.14. The van der Waals surface area contributed by atoms with Crippen molar-refractivity contribution in [1.29, 1.82) is 0 Å². The summed E-state index contributed by atoms with van der Waals surface area (Å²) in [6.45, 7) is 6.49. The van der Waals surface area contributed by atoms with Gasteiger partial charge in [-0.15, -0.1) is 0 Å². The number of hydrogen-bond acceptors (Lipinski definition) is 3. The summed E-state index contributed by atoms with van der Waals surface area (Å²) >= 11 is 0. The molecule has 4 nitrogen and oxygen atoms in total. The first kappa shape index (κ1) is 14.1. The number of fused-ring (bicyclic) bond motifs is 3. The van der Waals surface area contributed by atoms with Gasteiger partial charge in [-0.3, -0.25) is 4.81 Å². The molecule has 0 unspecified atom stereocenters. The van der Waals surface area contributed by atoms with Crippen molar-refractivity contribution in [3.8, 4) is 0 Å². The van der Waals surface area contributed by atoms with Crippen LogP contribution in [0.3, 0.4) is 0 Å². The van der Waals surface area contributed by atoms with Gasteiger partial charge in [0.25, 0.3) is 11.7 Å². The highest BCUT2D eigenvalue weighted by Crippen LogP contribution is 2.39. The number of anilines is 2. The molecule has 3 aromatic heterocycles. The molecule has 4 rings (SSSR count). The molecule has 0 saturated carbocycles. The van der Waals surface area contributed by atoms with Crippen molar-refractivity contribution < 1.29 is 8.98 Å². The maximum absolute atomic E-state index is 6.15. The Hall–Kier alpha value is -2.56. The Morgan fingerprint density at radius 1 is 1.22 bits per heavy atom. The van der Waals surface area contributed by atoms with Gasteiger partial charge in [0, 0.05) is 11.8 Å². The second kappa shape index (κ2) is 4.98. The van der Waals surface area contributed by atoms with Gasteiger partial charge in [-0.2, -0.15) is 0 Å². The van der Waals surface area contributed by atoms with Crippen LogP contribution in [0.2, 0.25) is 6.82 Å². The Labute approximate surface area is 136 Å². The lowest BCUT2D eigenvalue weighted by Crippen LogP contribution is -2.43. The molecule has 0 fully saturated rings. The van der Waals surface area contributed by atoms with Crippen molar-refractivity contribution in [1.82, 2.24) is 4.98 Å². The van der Waals surface area contributed by atoms with Crippen LogP contribution in [0, 0.1) is 13.8 Å². The molecule has 0 atom stereocenters. The molecule has 0 radical (unpaired) electrons. The summed E-state index contributed by atoms with van der Waals surface area (Å²) in [7, 11) is 2.06. The van der Waals surface area contributed by atoms with Gasteiger partial charge in [0.2, 0.25) is 5.71 Å². The highest BCUT2D eigenvalue weighted by Gasteiger charge is 2.37. The smallest absolute Gasteiger partial charge is 0.404 e. The van der Waals surface area contributed by atoms with E-state index in [0.29, 0.717) is 5.71 Å². The van der Waals surface area contributed by atoms with E-state index in [9.17, 15) is 0 Å². The van der Waals surface area contributed by atoms with Gasteiger partial charge in [0.05, 0.1) is 24.2 Å². The van der Waals surface area contributed by atoms with Crippen LogP contribution in [-0.4, -0.2) is 11.8 Å². The maximum Gasteiger partial charge on any atom is 0.405 e. The number of aryl methyl sites for hydroxylation is 3. The summed E-state index contributed by atoms with van der Waals surface area (Å²) in [5, 5.41) is 1.06. The molecule has 0 saturated heterocycles. The third kappa shape index (κ3) is 2.15. The fraction of sp³-hybridized carbons (Fsp3) is 0.222. The highest BCUT2D eigenvalue weighted by molar-refractivity contribution is 6.69. The number of hydrogen-bond donors (Lipinski definition) is 0. The van der Waals surface area contributed by atoms with Crippen LogP contribution in [0.25, 0.3) is 17.2 Å². The zero-order valence-corrected chi connectivity index (χ0v) is 13.9. The van der Waals surface area contributed by atoms with Crippen molar-refractivity contribution in [2.45, 2.75) is 20.7 Å². The maximum atomic E-state index is 6.15. The van der Waals surface area contributed by atoms with E-state index in [4.69, 9.17) is 4.42 Å². The van der Waals surface area contributed by atoms with Crippen molar-refractivity contribution in [2.75, 3.05) is 4.81 Å². The first-order chi connectivity index (χ1) is 11.0. The first-order valence-electron chi connectivity index (χ1n) is 7.88. The molecule has 0 aliphatic carbocycles. The molecule has 0 aromatic carbocycles. The zero-order chi connectivity index (χ0) is 16.1. The molecule has 0 spiro atoms. The van der Waals surface area contributed by atoms with E-state index in [0.717, 1.165) is 28.3 Å². The molecule has 5 heteroatoms. The third-order valence-corrected chi connectivity index (χ3v) is 4.41. The minimum Gasteiger partial charge on any atom is -0.404 e. The molecular weight excluding hydrogens is 285 g/mol. The Morgan fingerprint density at radius 2 is 2.04 bits per heavy atom. The van der Waals surface area contributed by atoms with Crippen LogP contribution in [0.5, 0.6) is 0 Å². The molecular formula is C18H19BN3O+. The number of rotatable bonds is 1. The average molecular weight is 304 g/mol. The second-order valence-corrected chi connectivity index (χ2v) is 6.27. The van der Waals surface area contributed by atoms with E-state index in [2.05, 4.69) is 71.6 Å². The standard InChI is InChI=1S/C18H19BN3O/c1-12-8-10-21(4)16(11-12)22-18-15(7-9-19(22)3)14-6-5-13(2)20-17(14)23-18/h5-11H,1-4H3/q+1. The van der Waals surface area contributed by atoms with Crippen LogP contribution < -0.4 is 9.38 Å². The number of pyridine rings is 2. The van der Waals surface area contributed by atoms with Crippen molar-refractivity contribution in [3.05, 3.63) is 53.3 Å². The molecule has 0 bridgehead atoms. The average Bonchev–Trinajstić information content (AvgIpc) is 2.87. The van der Waals surface area contributed by atoms with Crippen molar-refractivity contribution >= 4 is 35.7 Å². The molecule has 0 N–H and O–H groups in total. The monoisotopic (exact) mass is 304 g/mol. The van der Waals surface area contributed by atoms with E-state index < -0.39 is 0 Å². The van der Waals surface area contributed by atoms with E-state index in [-0.39, 0.29) is 6.85 Å². The lowest BCUT2D eigenvalue weighted by Gasteiger charge is -2.22.